The van der Waals surface area contributed by atoms with Gasteiger partial charge in [0.1, 0.15) is 0 Å². The molecule has 280 valence electrons. The predicted octanol–water partition coefficient (Wildman–Crippen LogP) is 13.4. The van der Waals surface area contributed by atoms with E-state index in [4.69, 9.17) is 10.8 Å². The maximum Gasteiger partial charge on any atom is 0.0645 e. The Bertz CT molecular complexity index is 2740. The fourth-order valence-corrected chi connectivity index (χ4v) is 7.22. The highest BCUT2D eigenvalue weighted by atomic mass is 15.3. The second kappa shape index (κ2) is 17.3. The van der Waals surface area contributed by atoms with Gasteiger partial charge in [0.15, 0.2) is 0 Å². The van der Waals surface area contributed by atoms with E-state index in [1.165, 1.54) is 6.21 Å². The molecule has 4 N–H and O–H groups in total. The maximum atomic E-state index is 7.69. The Morgan fingerprint density at radius 2 is 0.897 bits per heavy atom. The first-order valence-electron chi connectivity index (χ1n) is 19.2. The number of nitrogens with zero attached hydrogens (tertiary/aromatic N) is 2. The molecular weight excluding hydrogens is 709 g/mol. The van der Waals surface area contributed by atoms with Crippen LogP contribution < -0.4 is 10.6 Å². The Labute approximate surface area is 339 Å². The van der Waals surface area contributed by atoms with Crippen molar-refractivity contribution in [1.82, 2.24) is 9.78 Å². The van der Waals surface area contributed by atoms with E-state index < -0.39 is 0 Å². The Balaban J connectivity index is 1.26. The molecule has 6 heteroatoms. The summed E-state index contributed by atoms with van der Waals surface area (Å²) in [7, 11) is 0. The minimum atomic E-state index is 0.493. The van der Waals surface area contributed by atoms with Crippen LogP contribution in [0.15, 0.2) is 207 Å². The molecule has 0 amide bonds. The van der Waals surface area contributed by atoms with Gasteiger partial charge in [0.25, 0.3) is 0 Å². The molecule has 0 spiro atoms. The summed E-state index contributed by atoms with van der Waals surface area (Å²) in [5.74, 6) is 0. The second-order valence-electron chi connectivity index (χ2n) is 13.9. The largest absolute Gasteiger partial charge is 0.362 e. The lowest BCUT2D eigenvalue weighted by Crippen LogP contribution is -1.94. The Hall–Kier alpha value is -7.83. The van der Waals surface area contributed by atoms with Crippen LogP contribution in [0.2, 0.25) is 0 Å². The van der Waals surface area contributed by atoms with Gasteiger partial charge in [-0.2, -0.15) is 5.10 Å². The average molecular weight is 751 g/mol. The fourth-order valence-electron chi connectivity index (χ4n) is 7.22. The quantitative estimate of drug-likeness (QED) is 0.0885. The summed E-state index contributed by atoms with van der Waals surface area (Å²) < 4.78 is 1.88. The molecule has 0 atom stereocenters. The third kappa shape index (κ3) is 8.37. The summed E-state index contributed by atoms with van der Waals surface area (Å²) in [5, 5.41) is 25.9. The standard InChI is InChI=1S/C52H42N6/c1-37(54)28-32-56-45-24-18-39(19-25-45)48-11-3-6-14-51(48)42-34-41(50-13-5-2-10-47(50)38-16-22-44(23-17-38)55-30-8-29-53)35-43(36-42)52-15-7-4-12-49(52)40-20-26-46(27-21-40)58-33-9-31-57-58/h2-36,53-56H,1H3/b30-8-,32-28-,53-29?,54-37?. The summed E-state index contributed by atoms with van der Waals surface area (Å²) >= 11 is 0. The number of aromatic nitrogens is 2. The van der Waals surface area contributed by atoms with Crippen LogP contribution in [0.4, 0.5) is 11.4 Å². The zero-order valence-corrected chi connectivity index (χ0v) is 32.1. The van der Waals surface area contributed by atoms with Gasteiger partial charge < -0.3 is 21.5 Å². The van der Waals surface area contributed by atoms with Crippen molar-refractivity contribution in [2.45, 2.75) is 6.92 Å². The van der Waals surface area contributed by atoms with Crippen molar-refractivity contribution in [1.29, 1.82) is 10.8 Å². The number of hydrogen-bond donors (Lipinski definition) is 4. The first-order valence-corrected chi connectivity index (χ1v) is 19.2. The first kappa shape index (κ1) is 37.1. The number of hydrogen-bond acceptors (Lipinski definition) is 5. The van der Waals surface area contributed by atoms with Crippen LogP contribution in [0.1, 0.15) is 6.92 Å². The van der Waals surface area contributed by atoms with Crippen molar-refractivity contribution in [3.05, 3.63) is 207 Å². The van der Waals surface area contributed by atoms with E-state index in [9.17, 15) is 0 Å². The monoisotopic (exact) mass is 750 g/mol. The Morgan fingerprint density at radius 1 is 0.500 bits per heavy atom. The van der Waals surface area contributed by atoms with Gasteiger partial charge in [-0.1, -0.05) is 109 Å². The number of anilines is 2. The van der Waals surface area contributed by atoms with Crippen molar-refractivity contribution in [2.24, 2.45) is 0 Å². The summed E-state index contributed by atoms with van der Waals surface area (Å²) in [6.07, 6.45) is 12.0. The van der Waals surface area contributed by atoms with Gasteiger partial charge in [-0.15, -0.1) is 0 Å². The lowest BCUT2D eigenvalue weighted by molar-refractivity contribution is 0.881. The van der Waals surface area contributed by atoms with Crippen molar-refractivity contribution < 1.29 is 0 Å². The molecule has 0 bridgehead atoms. The summed E-state index contributed by atoms with van der Waals surface area (Å²) in [6, 6.07) is 60.2. The first-order chi connectivity index (χ1) is 28.5. The Morgan fingerprint density at radius 3 is 1.28 bits per heavy atom. The molecule has 0 unspecified atom stereocenters. The molecule has 0 saturated heterocycles. The minimum absolute atomic E-state index is 0.493. The molecule has 0 radical (unpaired) electrons. The molecule has 0 saturated carbocycles. The maximum absolute atomic E-state index is 7.69. The van der Waals surface area contributed by atoms with Gasteiger partial charge in [-0.25, -0.2) is 4.68 Å². The smallest absolute Gasteiger partial charge is 0.0645 e. The van der Waals surface area contributed by atoms with Crippen LogP contribution in [0.3, 0.4) is 0 Å². The molecule has 1 aromatic heterocycles. The molecule has 1 heterocycles. The highest BCUT2D eigenvalue weighted by molar-refractivity contribution is 5.94. The topological polar surface area (TPSA) is 89.6 Å². The molecule has 0 aliphatic rings. The summed E-state index contributed by atoms with van der Waals surface area (Å²) in [6.45, 7) is 1.76. The molecule has 58 heavy (non-hydrogen) atoms. The highest BCUT2D eigenvalue weighted by Crippen LogP contribution is 2.42. The van der Waals surface area contributed by atoms with Gasteiger partial charge in [0.2, 0.25) is 0 Å². The van der Waals surface area contributed by atoms with Crippen molar-refractivity contribution in [3.63, 3.8) is 0 Å². The third-order valence-corrected chi connectivity index (χ3v) is 10.0. The SMILES string of the molecule is CC(=N)/C=C\Nc1ccc(-c2ccccc2-c2cc(-c3ccccc3-c3ccc(N/C=C\C=N)cc3)cc(-c3ccccc3-c3ccc(-n4cccn4)cc3)c2)cc1. The number of benzene rings is 7. The molecule has 0 fully saturated rings. The van der Waals surface area contributed by atoms with Crippen LogP contribution in [-0.4, -0.2) is 21.7 Å². The lowest BCUT2D eigenvalue weighted by atomic mass is 9.86. The van der Waals surface area contributed by atoms with Crippen molar-refractivity contribution in [3.8, 4) is 72.4 Å². The number of rotatable bonds is 13. The van der Waals surface area contributed by atoms with Crippen LogP contribution in [0, 0.1) is 10.8 Å². The van der Waals surface area contributed by atoms with E-state index in [2.05, 4.69) is 180 Å². The molecule has 0 aliphatic heterocycles. The van der Waals surface area contributed by atoms with Gasteiger partial charge >= 0.3 is 0 Å². The fraction of sp³-hybridized carbons (Fsp3) is 0.0192. The summed E-state index contributed by atoms with van der Waals surface area (Å²) in [4.78, 5) is 0. The minimum Gasteiger partial charge on any atom is -0.362 e. The molecule has 7 aromatic carbocycles. The van der Waals surface area contributed by atoms with Crippen molar-refractivity contribution >= 4 is 23.3 Å². The van der Waals surface area contributed by atoms with E-state index in [0.29, 0.717) is 5.71 Å². The second-order valence-corrected chi connectivity index (χ2v) is 13.9. The van der Waals surface area contributed by atoms with E-state index in [-0.39, 0.29) is 0 Å². The zero-order chi connectivity index (χ0) is 39.7. The number of allylic oxidation sites excluding steroid dienone is 2. The molecule has 8 aromatic rings. The van der Waals surface area contributed by atoms with Crippen LogP contribution in [-0.2, 0) is 0 Å². The van der Waals surface area contributed by atoms with Crippen LogP contribution in [0.25, 0.3) is 72.4 Å². The van der Waals surface area contributed by atoms with Crippen molar-refractivity contribution in [2.75, 3.05) is 10.6 Å². The van der Waals surface area contributed by atoms with Crippen LogP contribution >= 0.6 is 0 Å². The normalized spacial score (nSPS) is 11.2. The van der Waals surface area contributed by atoms with Gasteiger partial charge in [-0.05, 0) is 147 Å². The molecule has 8 rings (SSSR count). The predicted molar refractivity (Wildman–Crippen MR) is 244 cm³/mol. The molecule has 0 aliphatic carbocycles. The Kier molecular flexibility index (Phi) is 11.1. The molecular formula is C52H42N6. The molecule has 6 nitrogen and oxygen atoms in total. The summed E-state index contributed by atoms with van der Waals surface area (Å²) in [5.41, 5.74) is 17.0. The third-order valence-electron chi connectivity index (χ3n) is 10.0. The van der Waals surface area contributed by atoms with E-state index in [1.807, 2.05) is 16.9 Å². The van der Waals surface area contributed by atoms with E-state index in [0.717, 1.165) is 83.8 Å². The van der Waals surface area contributed by atoms with Gasteiger partial charge in [0.05, 0.1) is 5.69 Å². The van der Waals surface area contributed by atoms with Gasteiger partial charge in [-0.3, -0.25) is 0 Å². The number of nitrogens with one attached hydrogen (secondary N) is 4. The van der Waals surface area contributed by atoms with E-state index in [1.54, 1.807) is 37.7 Å². The van der Waals surface area contributed by atoms with Gasteiger partial charge in [0, 0.05) is 48.1 Å². The average Bonchev–Trinajstić information content (AvgIpc) is 3.82. The van der Waals surface area contributed by atoms with E-state index >= 15 is 0 Å². The van der Waals surface area contributed by atoms with Crippen LogP contribution in [0.5, 0.6) is 0 Å². The lowest BCUT2D eigenvalue weighted by Gasteiger charge is -2.18. The highest BCUT2D eigenvalue weighted by Gasteiger charge is 2.16. The zero-order valence-electron chi connectivity index (χ0n) is 32.1.